The van der Waals surface area contributed by atoms with Crippen molar-refractivity contribution in [3.8, 4) is 0 Å². The van der Waals surface area contributed by atoms with Crippen LogP contribution in [0.1, 0.15) is 5.56 Å². The fraction of sp³-hybridized carbons (Fsp3) is 0.286. The third-order valence-corrected chi connectivity index (χ3v) is 3.80. The van der Waals surface area contributed by atoms with Crippen molar-refractivity contribution in [3.05, 3.63) is 34.4 Å². The number of nitrogens with one attached hydrogen (secondary N) is 2. The zero-order valence-corrected chi connectivity index (χ0v) is 13.2. The number of methoxy groups -OCH3 is 2. The van der Waals surface area contributed by atoms with Crippen LogP contribution in [0.2, 0.25) is 0 Å². The van der Waals surface area contributed by atoms with Crippen LogP contribution in [0.4, 0.5) is 4.79 Å². The van der Waals surface area contributed by atoms with Gasteiger partial charge in [-0.1, -0.05) is 12.1 Å². The normalized spacial score (nSPS) is 12.0. The second kappa shape index (κ2) is 6.62. The number of carbonyl (C=O) groups is 2. The highest BCUT2D eigenvalue weighted by molar-refractivity contribution is 9.10. The summed E-state index contributed by atoms with van der Waals surface area (Å²) in [4.78, 5) is 26.3. The number of hydrogen-bond acceptors (Lipinski definition) is 4. The molecular weight excluding hydrogens is 340 g/mol. The Bertz CT molecular complexity index is 668. The second-order valence-corrected chi connectivity index (χ2v) is 5.25. The lowest BCUT2D eigenvalue weighted by Gasteiger charge is -2.15. The lowest BCUT2D eigenvalue weighted by atomic mass is 10.1. The average molecular weight is 355 g/mol. The molecule has 0 spiro atoms. The molecule has 2 N–H and O–H groups in total. The number of rotatable bonds is 4. The molecule has 1 aromatic carbocycles. The number of aromatic amines is 1. The van der Waals surface area contributed by atoms with Crippen LogP contribution in [0.3, 0.4) is 0 Å². The van der Waals surface area contributed by atoms with E-state index in [2.05, 4.69) is 31.0 Å². The molecule has 0 aliphatic heterocycles. The molecule has 0 unspecified atom stereocenters. The van der Waals surface area contributed by atoms with Crippen molar-refractivity contribution in [2.45, 2.75) is 12.5 Å². The van der Waals surface area contributed by atoms with E-state index in [0.29, 0.717) is 6.42 Å². The monoisotopic (exact) mass is 354 g/mol. The predicted octanol–water partition coefficient (Wildman–Crippen LogP) is 2.37. The van der Waals surface area contributed by atoms with Crippen molar-refractivity contribution >= 4 is 38.9 Å². The Morgan fingerprint density at radius 3 is 2.76 bits per heavy atom. The third-order valence-electron chi connectivity index (χ3n) is 3.14. The van der Waals surface area contributed by atoms with Crippen molar-refractivity contribution in [1.82, 2.24) is 10.3 Å². The van der Waals surface area contributed by atoms with Gasteiger partial charge in [-0.3, -0.25) is 0 Å². The van der Waals surface area contributed by atoms with Crippen molar-refractivity contribution in [2.24, 2.45) is 0 Å². The number of carbonyl (C=O) groups excluding carboxylic acids is 2. The minimum Gasteiger partial charge on any atom is -0.467 e. The molecule has 0 aliphatic carbocycles. The van der Waals surface area contributed by atoms with Gasteiger partial charge in [0.15, 0.2) is 0 Å². The summed E-state index contributed by atoms with van der Waals surface area (Å²) in [7, 11) is 2.52. The van der Waals surface area contributed by atoms with Gasteiger partial charge in [0, 0.05) is 22.5 Å². The lowest BCUT2D eigenvalue weighted by molar-refractivity contribution is -0.142. The van der Waals surface area contributed by atoms with Gasteiger partial charge in [0.25, 0.3) is 0 Å². The summed E-state index contributed by atoms with van der Waals surface area (Å²) in [5, 5.41) is 3.45. The number of aromatic nitrogens is 1. The Morgan fingerprint density at radius 2 is 2.10 bits per heavy atom. The van der Waals surface area contributed by atoms with E-state index in [1.165, 1.54) is 14.2 Å². The van der Waals surface area contributed by atoms with Gasteiger partial charge in [-0.05, 0) is 27.6 Å². The number of alkyl carbamates (subject to hydrolysis) is 1. The van der Waals surface area contributed by atoms with E-state index >= 15 is 0 Å². The number of fused-ring (bicyclic) bond motifs is 1. The van der Waals surface area contributed by atoms with Gasteiger partial charge in [0.05, 0.1) is 19.7 Å². The van der Waals surface area contributed by atoms with Crippen LogP contribution in [-0.2, 0) is 20.7 Å². The largest absolute Gasteiger partial charge is 0.467 e. The van der Waals surface area contributed by atoms with E-state index in [1.807, 2.05) is 24.4 Å². The molecule has 1 atom stereocenters. The fourth-order valence-corrected chi connectivity index (χ4v) is 2.58. The molecule has 21 heavy (non-hydrogen) atoms. The van der Waals surface area contributed by atoms with Crippen LogP contribution >= 0.6 is 15.9 Å². The molecule has 0 aliphatic rings. The average Bonchev–Trinajstić information content (AvgIpc) is 2.90. The van der Waals surface area contributed by atoms with E-state index in [1.54, 1.807) is 0 Å². The summed E-state index contributed by atoms with van der Waals surface area (Å²) < 4.78 is 10.2. The van der Waals surface area contributed by atoms with Gasteiger partial charge in [-0.2, -0.15) is 0 Å². The topological polar surface area (TPSA) is 80.4 Å². The van der Waals surface area contributed by atoms with Crippen molar-refractivity contribution in [2.75, 3.05) is 14.2 Å². The molecule has 0 fully saturated rings. The zero-order chi connectivity index (χ0) is 15.4. The number of H-pyrrole nitrogens is 1. The molecule has 7 heteroatoms. The molecule has 2 aromatic rings. The Kier molecular flexibility index (Phi) is 4.85. The smallest absolute Gasteiger partial charge is 0.407 e. The molecule has 0 saturated carbocycles. The Hall–Kier alpha value is -2.02. The van der Waals surface area contributed by atoms with Crippen LogP contribution < -0.4 is 5.32 Å². The van der Waals surface area contributed by atoms with Crippen LogP contribution in [0.5, 0.6) is 0 Å². The molecule has 1 aromatic heterocycles. The van der Waals surface area contributed by atoms with Crippen molar-refractivity contribution in [3.63, 3.8) is 0 Å². The van der Waals surface area contributed by atoms with Crippen LogP contribution in [-0.4, -0.2) is 37.3 Å². The molecule has 1 amide bonds. The Labute approximate surface area is 129 Å². The Balaban J connectivity index is 2.28. The first-order valence-corrected chi connectivity index (χ1v) is 7.03. The minimum absolute atomic E-state index is 0.304. The summed E-state index contributed by atoms with van der Waals surface area (Å²) in [5.41, 5.74) is 1.84. The van der Waals surface area contributed by atoms with Gasteiger partial charge < -0.3 is 19.8 Å². The van der Waals surface area contributed by atoms with Gasteiger partial charge >= 0.3 is 12.1 Å². The highest BCUT2D eigenvalue weighted by atomic mass is 79.9. The predicted molar refractivity (Wildman–Crippen MR) is 81.0 cm³/mol. The molecule has 0 bridgehead atoms. The first-order valence-electron chi connectivity index (χ1n) is 6.23. The summed E-state index contributed by atoms with van der Waals surface area (Å²) in [6.45, 7) is 0. The Morgan fingerprint density at radius 1 is 1.33 bits per heavy atom. The van der Waals surface area contributed by atoms with E-state index in [9.17, 15) is 9.59 Å². The molecule has 2 rings (SSSR count). The highest BCUT2D eigenvalue weighted by Gasteiger charge is 2.23. The molecule has 0 saturated heterocycles. The van der Waals surface area contributed by atoms with Crippen LogP contribution in [0.25, 0.3) is 10.9 Å². The van der Waals surface area contributed by atoms with E-state index in [0.717, 1.165) is 20.9 Å². The van der Waals surface area contributed by atoms with E-state index < -0.39 is 18.1 Å². The summed E-state index contributed by atoms with van der Waals surface area (Å²) in [6.07, 6.45) is 1.44. The maximum absolute atomic E-state index is 11.8. The minimum atomic E-state index is -0.805. The molecule has 6 nitrogen and oxygen atoms in total. The highest BCUT2D eigenvalue weighted by Crippen LogP contribution is 2.26. The second-order valence-electron chi connectivity index (χ2n) is 4.39. The fourth-order valence-electron chi connectivity index (χ4n) is 2.10. The van der Waals surface area contributed by atoms with Gasteiger partial charge in [0.2, 0.25) is 0 Å². The number of para-hydroxylation sites is 1. The number of ether oxygens (including phenoxy) is 2. The van der Waals surface area contributed by atoms with Crippen molar-refractivity contribution in [1.29, 1.82) is 0 Å². The summed E-state index contributed by atoms with van der Waals surface area (Å²) in [6, 6.07) is 4.97. The van der Waals surface area contributed by atoms with E-state index in [4.69, 9.17) is 4.74 Å². The summed E-state index contributed by atoms with van der Waals surface area (Å²) >= 11 is 3.46. The zero-order valence-electron chi connectivity index (χ0n) is 11.6. The van der Waals surface area contributed by atoms with Crippen LogP contribution in [0, 0.1) is 0 Å². The van der Waals surface area contributed by atoms with Gasteiger partial charge in [0.1, 0.15) is 6.04 Å². The van der Waals surface area contributed by atoms with Gasteiger partial charge in [-0.15, -0.1) is 0 Å². The van der Waals surface area contributed by atoms with Gasteiger partial charge in [-0.25, -0.2) is 9.59 Å². The first kappa shape index (κ1) is 15.4. The molecule has 112 valence electrons. The number of esters is 1. The lowest BCUT2D eigenvalue weighted by Crippen LogP contribution is -2.42. The number of amides is 1. The molecule has 0 radical (unpaired) electrons. The SMILES string of the molecule is COC(=O)N[C@@H](Cc1c[nH]c2c(Br)cccc12)C(=O)OC. The standard InChI is InChI=1S/C14H15BrN2O4/c1-20-13(18)11(17-14(19)21-2)6-8-7-16-12-9(8)4-3-5-10(12)15/h3-5,7,11,16H,6H2,1-2H3,(H,17,19)/t11-/m0/s1. The van der Waals surface area contributed by atoms with Crippen LogP contribution in [0.15, 0.2) is 28.9 Å². The third kappa shape index (κ3) is 3.36. The maximum atomic E-state index is 11.8. The summed E-state index contributed by atoms with van der Waals surface area (Å²) in [5.74, 6) is -0.523. The first-order chi connectivity index (χ1) is 10.1. The molecular formula is C14H15BrN2O4. The number of hydrogen-bond donors (Lipinski definition) is 2. The number of benzene rings is 1. The maximum Gasteiger partial charge on any atom is 0.407 e. The van der Waals surface area contributed by atoms with Crippen molar-refractivity contribution < 1.29 is 19.1 Å². The van der Waals surface area contributed by atoms with E-state index in [-0.39, 0.29) is 0 Å². The molecule has 1 heterocycles. The number of halogens is 1. The quantitative estimate of drug-likeness (QED) is 0.826.